The molecule has 4 heteroatoms. The first kappa shape index (κ1) is 11.5. The molecule has 1 N–H and O–H groups in total. The first-order chi connectivity index (χ1) is 7.68. The van der Waals surface area contributed by atoms with E-state index in [4.69, 9.17) is 0 Å². The van der Waals surface area contributed by atoms with Crippen LogP contribution in [0.4, 0.5) is 13.2 Å². The summed E-state index contributed by atoms with van der Waals surface area (Å²) in [6.45, 7) is 0.864. The first-order valence-electron chi connectivity index (χ1n) is 5.54. The molecule has 0 spiro atoms. The second-order valence-electron chi connectivity index (χ2n) is 4.17. The fourth-order valence-corrected chi connectivity index (χ4v) is 2.10. The Hall–Kier alpha value is -1.03. The van der Waals surface area contributed by atoms with Gasteiger partial charge in [0.1, 0.15) is 5.82 Å². The molecule has 0 amide bonds. The van der Waals surface area contributed by atoms with Crippen LogP contribution in [0.25, 0.3) is 0 Å². The number of nitrogens with one attached hydrogen (secondary N) is 1. The summed E-state index contributed by atoms with van der Waals surface area (Å²) >= 11 is 0. The van der Waals surface area contributed by atoms with Crippen molar-refractivity contribution in [3.05, 3.63) is 35.1 Å². The molecule has 0 bridgehead atoms. The van der Waals surface area contributed by atoms with Gasteiger partial charge in [-0.25, -0.2) is 13.2 Å². The van der Waals surface area contributed by atoms with Gasteiger partial charge < -0.3 is 5.32 Å². The van der Waals surface area contributed by atoms with Crippen molar-refractivity contribution in [1.29, 1.82) is 0 Å². The van der Waals surface area contributed by atoms with E-state index in [0.717, 1.165) is 37.9 Å². The molecule has 1 aliphatic heterocycles. The molecular formula is C12H14F3N. The van der Waals surface area contributed by atoms with E-state index in [0.29, 0.717) is 0 Å². The Morgan fingerprint density at radius 2 is 1.88 bits per heavy atom. The Morgan fingerprint density at radius 3 is 2.56 bits per heavy atom. The molecule has 1 atom stereocenters. The average molecular weight is 229 g/mol. The maximum Gasteiger partial charge on any atom is 0.164 e. The summed E-state index contributed by atoms with van der Waals surface area (Å²) in [5, 5.41) is 3.19. The quantitative estimate of drug-likeness (QED) is 0.769. The minimum Gasteiger partial charge on any atom is -0.314 e. The molecule has 1 nitrogen and oxygen atoms in total. The lowest BCUT2D eigenvalue weighted by molar-refractivity contribution is 0.385. The van der Waals surface area contributed by atoms with Crippen LogP contribution in [0, 0.1) is 17.5 Å². The smallest absolute Gasteiger partial charge is 0.164 e. The molecule has 0 radical (unpaired) electrons. The third-order valence-corrected chi connectivity index (χ3v) is 3.00. The second kappa shape index (κ2) is 4.87. The molecule has 1 aliphatic rings. The Kier molecular flexibility index (Phi) is 3.49. The number of benzene rings is 1. The third-order valence-electron chi connectivity index (χ3n) is 3.00. The predicted molar refractivity (Wildman–Crippen MR) is 55.7 cm³/mol. The van der Waals surface area contributed by atoms with Crippen molar-refractivity contribution in [3.8, 4) is 0 Å². The average Bonchev–Trinajstić information content (AvgIpc) is 2.31. The second-order valence-corrected chi connectivity index (χ2v) is 4.17. The van der Waals surface area contributed by atoms with Crippen LogP contribution in [-0.2, 0) is 6.42 Å². The van der Waals surface area contributed by atoms with Crippen LogP contribution in [0.15, 0.2) is 12.1 Å². The summed E-state index contributed by atoms with van der Waals surface area (Å²) in [5.41, 5.74) is -0.139. The van der Waals surface area contributed by atoms with Crippen LogP contribution in [0.5, 0.6) is 0 Å². The highest BCUT2D eigenvalue weighted by Crippen LogP contribution is 2.20. The number of hydrogen-bond acceptors (Lipinski definition) is 1. The molecule has 1 aromatic carbocycles. The molecule has 0 aliphatic carbocycles. The molecule has 88 valence electrons. The number of halogens is 3. The molecule has 1 saturated heterocycles. The Bertz CT molecular complexity index is 373. The van der Waals surface area contributed by atoms with E-state index < -0.39 is 17.5 Å². The van der Waals surface area contributed by atoms with E-state index in [-0.39, 0.29) is 18.0 Å². The van der Waals surface area contributed by atoms with Gasteiger partial charge in [0.05, 0.1) is 0 Å². The molecular weight excluding hydrogens is 215 g/mol. The van der Waals surface area contributed by atoms with Gasteiger partial charge >= 0.3 is 0 Å². The summed E-state index contributed by atoms with van der Waals surface area (Å²) in [5.74, 6) is -2.69. The van der Waals surface area contributed by atoms with E-state index in [1.165, 1.54) is 0 Å². The molecule has 0 saturated carbocycles. The van der Waals surface area contributed by atoms with Crippen LogP contribution in [0.3, 0.4) is 0 Å². The zero-order valence-corrected chi connectivity index (χ0v) is 8.90. The lowest BCUT2D eigenvalue weighted by Crippen LogP contribution is -2.36. The van der Waals surface area contributed by atoms with Gasteiger partial charge in [0.15, 0.2) is 11.6 Å². The zero-order valence-electron chi connectivity index (χ0n) is 8.90. The molecule has 1 heterocycles. The van der Waals surface area contributed by atoms with Gasteiger partial charge in [0.2, 0.25) is 0 Å². The normalized spacial score (nSPS) is 21.1. The fraction of sp³-hybridized carbons (Fsp3) is 0.500. The van der Waals surface area contributed by atoms with Crippen LogP contribution in [0.2, 0.25) is 0 Å². The van der Waals surface area contributed by atoms with Crippen molar-refractivity contribution in [2.24, 2.45) is 0 Å². The SMILES string of the molecule is Fc1ccc(F)c(CC2CCCCN2)c1F. The highest BCUT2D eigenvalue weighted by molar-refractivity contribution is 5.22. The molecule has 0 aromatic heterocycles. The maximum atomic E-state index is 13.4. The Morgan fingerprint density at radius 1 is 1.12 bits per heavy atom. The minimum absolute atomic E-state index is 0.0551. The van der Waals surface area contributed by atoms with Gasteiger partial charge in [-0.15, -0.1) is 0 Å². The van der Waals surface area contributed by atoms with Gasteiger partial charge in [-0.05, 0) is 37.9 Å². The first-order valence-corrected chi connectivity index (χ1v) is 5.54. The minimum atomic E-state index is -1.05. The maximum absolute atomic E-state index is 13.4. The van der Waals surface area contributed by atoms with Gasteiger partial charge in [0.25, 0.3) is 0 Å². The number of rotatable bonds is 2. The van der Waals surface area contributed by atoms with E-state index >= 15 is 0 Å². The Labute approximate surface area is 92.7 Å². The summed E-state index contributed by atoms with van der Waals surface area (Å²) in [6.07, 6.45) is 3.24. The van der Waals surface area contributed by atoms with Crippen molar-refractivity contribution in [3.63, 3.8) is 0 Å². The number of piperidine rings is 1. The van der Waals surface area contributed by atoms with Crippen LogP contribution in [-0.4, -0.2) is 12.6 Å². The summed E-state index contributed by atoms with van der Waals surface area (Å²) in [4.78, 5) is 0. The van der Waals surface area contributed by atoms with E-state index in [2.05, 4.69) is 5.32 Å². The topological polar surface area (TPSA) is 12.0 Å². The van der Waals surface area contributed by atoms with Crippen molar-refractivity contribution in [2.75, 3.05) is 6.54 Å². The van der Waals surface area contributed by atoms with Gasteiger partial charge in [-0.1, -0.05) is 6.42 Å². The fourth-order valence-electron chi connectivity index (χ4n) is 2.10. The zero-order chi connectivity index (χ0) is 11.5. The monoisotopic (exact) mass is 229 g/mol. The summed E-state index contributed by atoms with van der Waals surface area (Å²) in [6, 6.07) is 1.86. The molecule has 1 unspecified atom stereocenters. The predicted octanol–water partition coefficient (Wildman–Crippen LogP) is 2.79. The van der Waals surface area contributed by atoms with Crippen LogP contribution >= 0.6 is 0 Å². The van der Waals surface area contributed by atoms with E-state index in [1.54, 1.807) is 0 Å². The van der Waals surface area contributed by atoms with Gasteiger partial charge in [-0.3, -0.25) is 0 Å². The number of hydrogen-bond donors (Lipinski definition) is 1. The van der Waals surface area contributed by atoms with Crippen molar-refractivity contribution >= 4 is 0 Å². The molecule has 2 rings (SSSR count). The lowest BCUT2D eigenvalue weighted by Gasteiger charge is -2.23. The Balaban J connectivity index is 2.16. The van der Waals surface area contributed by atoms with Crippen molar-refractivity contribution < 1.29 is 13.2 Å². The standard InChI is InChI=1S/C12H14F3N/c13-10-4-5-11(14)12(15)9(10)7-8-3-1-2-6-16-8/h4-5,8,16H,1-3,6-7H2. The lowest BCUT2D eigenvalue weighted by atomic mass is 9.97. The molecule has 1 aromatic rings. The summed E-state index contributed by atoms with van der Waals surface area (Å²) in [7, 11) is 0. The third kappa shape index (κ3) is 2.38. The largest absolute Gasteiger partial charge is 0.314 e. The van der Waals surface area contributed by atoms with Crippen molar-refractivity contribution in [2.45, 2.75) is 31.7 Å². The van der Waals surface area contributed by atoms with Gasteiger partial charge in [-0.2, -0.15) is 0 Å². The van der Waals surface area contributed by atoms with Crippen molar-refractivity contribution in [1.82, 2.24) is 5.32 Å². The van der Waals surface area contributed by atoms with Crippen LogP contribution in [0.1, 0.15) is 24.8 Å². The molecule has 1 fully saturated rings. The van der Waals surface area contributed by atoms with Gasteiger partial charge in [0, 0.05) is 11.6 Å². The highest BCUT2D eigenvalue weighted by atomic mass is 19.2. The molecule has 16 heavy (non-hydrogen) atoms. The van der Waals surface area contributed by atoms with E-state index in [1.807, 2.05) is 0 Å². The van der Waals surface area contributed by atoms with Crippen LogP contribution < -0.4 is 5.32 Å². The highest BCUT2D eigenvalue weighted by Gasteiger charge is 2.19. The van der Waals surface area contributed by atoms with E-state index in [9.17, 15) is 13.2 Å². The summed E-state index contributed by atoms with van der Waals surface area (Å²) < 4.78 is 39.7.